The predicted molar refractivity (Wildman–Crippen MR) is 88.2 cm³/mol. The lowest BCUT2D eigenvalue weighted by molar-refractivity contribution is 1.05. The number of nitrogens with two attached hydrogens (primary N) is 1. The molecular weight excluding hydrogens is 298 g/mol. The SMILES string of the molecule is Nc1cnc(Cl)cc1NCc1cn2cc(C3CC3)ccc2n1. The predicted octanol–water partition coefficient (Wildman–Crippen LogP) is 3.45. The number of hydrogen-bond acceptors (Lipinski definition) is 4. The highest BCUT2D eigenvalue weighted by molar-refractivity contribution is 6.29. The molecule has 0 radical (unpaired) electrons. The van der Waals surface area contributed by atoms with Gasteiger partial charge in [-0.15, -0.1) is 0 Å². The number of fused-ring (bicyclic) bond motifs is 1. The van der Waals surface area contributed by atoms with Gasteiger partial charge in [0.1, 0.15) is 10.8 Å². The number of hydrogen-bond donors (Lipinski definition) is 2. The minimum absolute atomic E-state index is 0.417. The fraction of sp³-hybridized carbons (Fsp3) is 0.250. The second-order valence-electron chi connectivity index (χ2n) is 5.68. The van der Waals surface area contributed by atoms with Crippen LogP contribution in [-0.2, 0) is 6.54 Å². The Morgan fingerprint density at radius 2 is 2.18 bits per heavy atom. The second-order valence-corrected chi connectivity index (χ2v) is 6.07. The van der Waals surface area contributed by atoms with Crippen molar-refractivity contribution in [1.29, 1.82) is 0 Å². The molecule has 0 saturated heterocycles. The van der Waals surface area contributed by atoms with Gasteiger partial charge in [0.2, 0.25) is 0 Å². The third-order valence-electron chi connectivity index (χ3n) is 3.93. The molecule has 0 bridgehead atoms. The van der Waals surface area contributed by atoms with Crippen LogP contribution in [0.1, 0.15) is 30.0 Å². The summed E-state index contributed by atoms with van der Waals surface area (Å²) in [4.78, 5) is 8.55. The Labute approximate surface area is 133 Å². The minimum atomic E-state index is 0.417. The third kappa shape index (κ3) is 2.60. The van der Waals surface area contributed by atoms with Crippen LogP contribution in [0.3, 0.4) is 0 Å². The maximum Gasteiger partial charge on any atom is 0.137 e. The van der Waals surface area contributed by atoms with Crippen LogP contribution in [-0.4, -0.2) is 14.4 Å². The number of imidazole rings is 1. The molecular formula is C16H16ClN5. The number of anilines is 2. The van der Waals surface area contributed by atoms with E-state index in [1.54, 1.807) is 12.3 Å². The summed E-state index contributed by atoms with van der Waals surface area (Å²) in [6, 6.07) is 5.98. The van der Waals surface area contributed by atoms with Crippen LogP contribution in [0.2, 0.25) is 5.15 Å². The molecule has 0 aromatic carbocycles. The maximum atomic E-state index is 5.89. The first-order valence-electron chi connectivity index (χ1n) is 7.31. The first-order chi connectivity index (χ1) is 10.7. The largest absolute Gasteiger partial charge is 0.396 e. The zero-order valence-electron chi connectivity index (χ0n) is 12.0. The molecule has 3 aromatic heterocycles. The molecule has 0 unspecified atom stereocenters. The molecule has 0 aliphatic heterocycles. The van der Waals surface area contributed by atoms with Gasteiger partial charge in [-0.25, -0.2) is 9.97 Å². The van der Waals surface area contributed by atoms with Crippen LogP contribution in [0.25, 0.3) is 5.65 Å². The second kappa shape index (κ2) is 5.18. The van der Waals surface area contributed by atoms with Crippen molar-refractivity contribution in [3.63, 3.8) is 0 Å². The summed E-state index contributed by atoms with van der Waals surface area (Å²) in [6.07, 6.45) is 8.39. The molecule has 6 heteroatoms. The minimum Gasteiger partial charge on any atom is -0.396 e. The lowest BCUT2D eigenvalue weighted by atomic mass is 10.2. The Kier molecular flexibility index (Phi) is 3.15. The van der Waals surface area contributed by atoms with E-state index in [0.717, 1.165) is 22.9 Å². The zero-order valence-corrected chi connectivity index (χ0v) is 12.7. The van der Waals surface area contributed by atoms with Crippen molar-refractivity contribution in [1.82, 2.24) is 14.4 Å². The van der Waals surface area contributed by atoms with Crippen molar-refractivity contribution >= 4 is 28.6 Å². The maximum absolute atomic E-state index is 5.89. The average Bonchev–Trinajstić information content (AvgIpc) is 3.28. The van der Waals surface area contributed by atoms with Gasteiger partial charge in [-0.1, -0.05) is 17.7 Å². The lowest BCUT2D eigenvalue weighted by Crippen LogP contribution is -2.03. The molecule has 4 rings (SSSR count). The molecule has 3 heterocycles. The van der Waals surface area contributed by atoms with Crippen molar-refractivity contribution in [2.75, 3.05) is 11.1 Å². The Balaban J connectivity index is 1.55. The van der Waals surface area contributed by atoms with Crippen molar-refractivity contribution in [3.05, 3.63) is 53.2 Å². The topological polar surface area (TPSA) is 68.2 Å². The van der Waals surface area contributed by atoms with E-state index >= 15 is 0 Å². The van der Waals surface area contributed by atoms with Gasteiger partial charge in [-0.2, -0.15) is 0 Å². The van der Waals surface area contributed by atoms with E-state index in [4.69, 9.17) is 17.3 Å². The Morgan fingerprint density at radius 1 is 1.32 bits per heavy atom. The van der Waals surface area contributed by atoms with Gasteiger partial charge in [0.15, 0.2) is 0 Å². The standard InChI is InChI=1S/C16H16ClN5/c17-15-5-14(13(18)7-20-15)19-6-12-9-22-8-11(10-1-2-10)3-4-16(22)21-12/h3-5,7-10H,1-2,6,18H2,(H,19,20). The summed E-state index contributed by atoms with van der Waals surface area (Å²) in [6.45, 7) is 0.588. The molecule has 1 aliphatic carbocycles. The summed E-state index contributed by atoms with van der Waals surface area (Å²) in [5, 5.41) is 3.67. The number of nitrogens with one attached hydrogen (secondary N) is 1. The number of nitrogen functional groups attached to an aromatic ring is 1. The Hall–Kier alpha value is -2.27. The third-order valence-corrected chi connectivity index (χ3v) is 4.14. The van der Waals surface area contributed by atoms with Gasteiger partial charge in [-0.3, -0.25) is 0 Å². The molecule has 112 valence electrons. The molecule has 3 N–H and O–H groups in total. The highest BCUT2D eigenvalue weighted by atomic mass is 35.5. The number of halogens is 1. The van der Waals surface area contributed by atoms with E-state index in [1.165, 1.54) is 18.4 Å². The average molecular weight is 314 g/mol. The summed E-state index contributed by atoms with van der Waals surface area (Å²) in [7, 11) is 0. The summed E-state index contributed by atoms with van der Waals surface area (Å²) in [5.74, 6) is 0.743. The molecule has 0 amide bonds. The molecule has 0 spiro atoms. The first-order valence-corrected chi connectivity index (χ1v) is 7.69. The summed E-state index contributed by atoms with van der Waals surface area (Å²) in [5.41, 5.74) is 10.5. The van der Waals surface area contributed by atoms with Crippen LogP contribution >= 0.6 is 11.6 Å². The van der Waals surface area contributed by atoms with Gasteiger partial charge in [0, 0.05) is 18.5 Å². The molecule has 22 heavy (non-hydrogen) atoms. The molecule has 3 aromatic rings. The normalized spacial score (nSPS) is 14.4. The number of aromatic nitrogens is 3. The van der Waals surface area contributed by atoms with E-state index in [9.17, 15) is 0 Å². The molecule has 1 fully saturated rings. The van der Waals surface area contributed by atoms with Crippen LogP contribution < -0.4 is 11.1 Å². The Morgan fingerprint density at radius 3 is 3.00 bits per heavy atom. The summed E-state index contributed by atoms with van der Waals surface area (Å²) >= 11 is 5.89. The van der Waals surface area contributed by atoms with Gasteiger partial charge in [-0.05, 0) is 30.4 Å². The van der Waals surface area contributed by atoms with Crippen LogP contribution in [0.5, 0.6) is 0 Å². The fourth-order valence-electron chi connectivity index (χ4n) is 2.58. The number of pyridine rings is 2. The highest BCUT2D eigenvalue weighted by Gasteiger charge is 2.23. The van der Waals surface area contributed by atoms with Crippen LogP contribution in [0.15, 0.2) is 36.8 Å². The van der Waals surface area contributed by atoms with Crippen molar-refractivity contribution < 1.29 is 0 Å². The number of rotatable bonds is 4. The van der Waals surface area contributed by atoms with Crippen molar-refractivity contribution in [2.24, 2.45) is 0 Å². The van der Waals surface area contributed by atoms with Crippen molar-refractivity contribution in [2.45, 2.75) is 25.3 Å². The smallest absolute Gasteiger partial charge is 0.137 e. The molecule has 1 saturated carbocycles. The monoisotopic (exact) mass is 313 g/mol. The van der Waals surface area contributed by atoms with E-state index in [1.807, 2.05) is 6.20 Å². The van der Waals surface area contributed by atoms with Crippen LogP contribution in [0, 0.1) is 0 Å². The highest BCUT2D eigenvalue weighted by Crippen LogP contribution is 2.39. The van der Waals surface area contributed by atoms with E-state index < -0.39 is 0 Å². The first kappa shape index (κ1) is 13.4. The van der Waals surface area contributed by atoms with E-state index in [-0.39, 0.29) is 0 Å². The zero-order chi connectivity index (χ0) is 15.1. The van der Waals surface area contributed by atoms with E-state index in [0.29, 0.717) is 17.4 Å². The number of nitrogens with zero attached hydrogens (tertiary/aromatic N) is 3. The van der Waals surface area contributed by atoms with Gasteiger partial charge in [0.05, 0.1) is 29.8 Å². The van der Waals surface area contributed by atoms with Crippen LogP contribution in [0.4, 0.5) is 11.4 Å². The van der Waals surface area contributed by atoms with Gasteiger partial charge >= 0.3 is 0 Å². The molecule has 0 atom stereocenters. The van der Waals surface area contributed by atoms with Crippen molar-refractivity contribution in [3.8, 4) is 0 Å². The fourth-order valence-corrected chi connectivity index (χ4v) is 2.74. The Bertz CT molecular complexity index is 838. The molecule has 1 aliphatic rings. The van der Waals surface area contributed by atoms with Gasteiger partial charge in [0.25, 0.3) is 0 Å². The molecule has 5 nitrogen and oxygen atoms in total. The van der Waals surface area contributed by atoms with Gasteiger partial charge < -0.3 is 15.5 Å². The lowest BCUT2D eigenvalue weighted by Gasteiger charge is -2.07. The van der Waals surface area contributed by atoms with E-state index in [2.05, 4.69) is 38.0 Å². The summed E-state index contributed by atoms with van der Waals surface area (Å²) < 4.78 is 2.09. The quantitative estimate of drug-likeness (QED) is 0.724.